The van der Waals surface area contributed by atoms with Crippen molar-refractivity contribution in [3.63, 3.8) is 0 Å². The first-order chi connectivity index (χ1) is 6.33. The van der Waals surface area contributed by atoms with Gasteiger partial charge in [0.15, 0.2) is 0 Å². The van der Waals surface area contributed by atoms with Crippen molar-refractivity contribution < 1.29 is 9.84 Å². The van der Waals surface area contributed by atoms with E-state index in [1.54, 1.807) is 7.11 Å². The van der Waals surface area contributed by atoms with Crippen molar-refractivity contribution in [3.8, 4) is 5.88 Å². The Balaban J connectivity index is 2.23. The van der Waals surface area contributed by atoms with Gasteiger partial charge >= 0.3 is 0 Å². The van der Waals surface area contributed by atoms with Crippen molar-refractivity contribution in [3.05, 3.63) is 10.9 Å². The van der Waals surface area contributed by atoms with Gasteiger partial charge < -0.3 is 15.2 Å². The van der Waals surface area contributed by atoms with E-state index in [4.69, 9.17) is 4.74 Å². The summed E-state index contributed by atoms with van der Waals surface area (Å²) in [5, 5.41) is 14.7. The number of aliphatic hydroxyl groups excluding tert-OH is 1. The van der Waals surface area contributed by atoms with E-state index in [0.29, 0.717) is 12.4 Å². The summed E-state index contributed by atoms with van der Waals surface area (Å²) in [7, 11) is 1.60. The molecule has 0 aromatic carbocycles. The molecule has 0 aliphatic carbocycles. The van der Waals surface area contributed by atoms with Crippen LogP contribution >= 0.6 is 11.5 Å². The molecule has 1 aromatic heterocycles. The van der Waals surface area contributed by atoms with Gasteiger partial charge in [0, 0.05) is 30.0 Å². The normalized spacial score (nSPS) is 27.8. The highest BCUT2D eigenvalue weighted by Gasteiger charge is 2.29. The molecule has 1 aromatic rings. The Morgan fingerprint density at radius 3 is 3.15 bits per heavy atom. The number of ether oxygens (including phenoxy) is 1. The summed E-state index contributed by atoms with van der Waals surface area (Å²) in [5.41, 5.74) is 1.02. The second kappa shape index (κ2) is 3.61. The topological polar surface area (TPSA) is 54.4 Å². The second-order valence-corrected chi connectivity index (χ2v) is 3.74. The Morgan fingerprint density at radius 1 is 1.69 bits per heavy atom. The molecule has 1 aliphatic rings. The van der Waals surface area contributed by atoms with Crippen molar-refractivity contribution in [2.75, 3.05) is 20.2 Å². The van der Waals surface area contributed by atoms with Crippen LogP contribution in [0.25, 0.3) is 0 Å². The van der Waals surface area contributed by atoms with Gasteiger partial charge in [-0.2, -0.15) is 4.37 Å². The molecule has 2 unspecified atom stereocenters. The van der Waals surface area contributed by atoms with Gasteiger partial charge in [-0.1, -0.05) is 0 Å². The number of methoxy groups -OCH3 is 1. The zero-order valence-electron chi connectivity index (χ0n) is 7.36. The molecule has 13 heavy (non-hydrogen) atoms. The molecule has 0 amide bonds. The average molecular weight is 200 g/mol. The Kier molecular flexibility index (Phi) is 2.48. The van der Waals surface area contributed by atoms with Crippen LogP contribution in [-0.2, 0) is 0 Å². The van der Waals surface area contributed by atoms with Gasteiger partial charge in [0.25, 0.3) is 0 Å². The second-order valence-electron chi connectivity index (χ2n) is 3.11. The maximum Gasteiger partial charge on any atom is 0.228 e. The summed E-state index contributed by atoms with van der Waals surface area (Å²) < 4.78 is 9.20. The van der Waals surface area contributed by atoms with Crippen LogP contribution in [0.1, 0.15) is 11.5 Å². The van der Waals surface area contributed by atoms with E-state index in [1.807, 2.05) is 5.38 Å². The van der Waals surface area contributed by atoms with Gasteiger partial charge in [-0.3, -0.25) is 0 Å². The first-order valence-corrected chi connectivity index (χ1v) is 5.03. The molecule has 1 aliphatic heterocycles. The smallest absolute Gasteiger partial charge is 0.228 e. The Labute approximate surface area is 80.7 Å². The maximum atomic E-state index is 9.64. The van der Waals surface area contributed by atoms with E-state index in [2.05, 4.69) is 9.69 Å². The standard InChI is InChI=1S/C8H12N2O2S/c1-12-8-6(4-13-10-8)5-2-9-3-7(5)11/h4-5,7,9,11H,2-3H2,1H3. The van der Waals surface area contributed by atoms with Crippen molar-refractivity contribution >= 4 is 11.5 Å². The van der Waals surface area contributed by atoms with Gasteiger partial charge in [-0.25, -0.2) is 0 Å². The number of nitrogens with zero attached hydrogens (tertiary/aromatic N) is 1. The zero-order valence-corrected chi connectivity index (χ0v) is 8.17. The van der Waals surface area contributed by atoms with Crippen LogP contribution in [0.5, 0.6) is 5.88 Å². The summed E-state index contributed by atoms with van der Waals surface area (Å²) in [6.07, 6.45) is -0.315. The largest absolute Gasteiger partial charge is 0.480 e. The predicted molar refractivity (Wildman–Crippen MR) is 50.3 cm³/mol. The molecule has 1 fully saturated rings. The lowest BCUT2D eigenvalue weighted by Crippen LogP contribution is -2.16. The lowest BCUT2D eigenvalue weighted by molar-refractivity contribution is 0.176. The van der Waals surface area contributed by atoms with Gasteiger partial charge in [0.05, 0.1) is 13.2 Å². The Hall–Kier alpha value is -0.650. The average Bonchev–Trinajstić information content (AvgIpc) is 2.71. The van der Waals surface area contributed by atoms with Gasteiger partial charge in [-0.05, 0) is 11.5 Å². The Bertz CT molecular complexity index is 289. The number of aromatic nitrogens is 1. The van der Waals surface area contributed by atoms with E-state index >= 15 is 0 Å². The SMILES string of the molecule is COc1nscc1C1CNCC1O. The molecular weight excluding hydrogens is 188 g/mol. The summed E-state index contributed by atoms with van der Waals surface area (Å²) in [5.74, 6) is 0.784. The lowest BCUT2D eigenvalue weighted by atomic mass is 9.99. The third-order valence-corrected chi connectivity index (χ3v) is 2.97. The fourth-order valence-electron chi connectivity index (χ4n) is 1.62. The Morgan fingerprint density at radius 2 is 2.54 bits per heavy atom. The highest BCUT2D eigenvalue weighted by Crippen LogP contribution is 2.31. The van der Waals surface area contributed by atoms with Crippen LogP contribution in [0, 0.1) is 0 Å². The predicted octanol–water partition coefficient (Wildman–Crippen LogP) is 0.199. The molecular formula is C8H12N2O2S. The monoisotopic (exact) mass is 200 g/mol. The number of β-amino-alcohol motifs (C(OH)–C–C–N with tert-alkyl or cyclic N) is 1. The van der Waals surface area contributed by atoms with Crippen molar-refractivity contribution in [1.82, 2.24) is 9.69 Å². The molecule has 2 atom stereocenters. The molecule has 1 saturated heterocycles. The fourth-order valence-corrected chi connectivity index (χ4v) is 2.34. The number of nitrogens with one attached hydrogen (secondary N) is 1. The third kappa shape index (κ3) is 1.54. The first kappa shape index (κ1) is 8.93. The molecule has 2 N–H and O–H groups in total. The molecule has 4 nitrogen and oxygen atoms in total. The quantitative estimate of drug-likeness (QED) is 0.716. The highest BCUT2D eigenvalue weighted by atomic mass is 32.1. The minimum absolute atomic E-state index is 0.133. The summed E-state index contributed by atoms with van der Waals surface area (Å²) >= 11 is 1.37. The molecule has 5 heteroatoms. The zero-order chi connectivity index (χ0) is 9.26. The summed E-state index contributed by atoms with van der Waals surface area (Å²) in [6.45, 7) is 1.46. The molecule has 2 heterocycles. The maximum absolute atomic E-state index is 9.64. The lowest BCUT2D eigenvalue weighted by Gasteiger charge is -2.12. The van der Waals surface area contributed by atoms with Crippen LogP contribution in [0.4, 0.5) is 0 Å². The first-order valence-electron chi connectivity index (χ1n) is 4.20. The van der Waals surface area contributed by atoms with Gasteiger partial charge in [0.2, 0.25) is 5.88 Å². The fraction of sp³-hybridized carbons (Fsp3) is 0.625. The van der Waals surface area contributed by atoms with Crippen molar-refractivity contribution in [2.45, 2.75) is 12.0 Å². The van der Waals surface area contributed by atoms with E-state index in [9.17, 15) is 5.11 Å². The summed E-state index contributed by atoms with van der Waals surface area (Å²) in [4.78, 5) is 0. The molecule has 0 bridgehead atoms. The molecule has 72 valence electrons. The molecule has 0 saturated carbocycles. The van der Waals surface area contributed by atoms with Crippen LogP contribution in [0.3, 0.4) is 0 Å². The van der Waals surface area contributed by atoms with E-state index < -0.39 is 0 Å². The van der Waals surface area contributed by atoms with Gasteiger partial charge in [0.1, 0.15) is 0 Å². The number of hydrogen-bond acceptors (Lipinski definition) is 5. The number of aliphatic hydroxyl groups is 1. The number of rotatable bonds is 2. The van der Waals surface area contributed by atoms with Crippen LogP contribution in [-0.4, -0.2) is 35.8 Å². The van der Waals surface area contributed by atoms with E-state index in [1.165, 1.54) is 11.5 Å². The molecule has 0 radical (unpaired) electrons. The highest BCUT2D eigenvalue weighted by molar-refractivity contribution is 7.03. The molecule has 2 rings (SSSR count). The van der Waals surface area contributed by atoms with Crippen LogP contribution in [0.15, 0.2) is 5.38 Å². The van der Waals surface area contributed by atoms with Crippen molar-refractivity contribution in [2.24, 2.45) is 0 Å². The summed E-state index contributed by atoms with van der Waals surface area (Å²) in [6, 6.07) is 0. The van der Waals surface area contributed by atoms with Crippen LogP contribution in [0.2, 0.25) is 0 Å². The number of hydrogen-bond donors (Lipinski definition) is 2. The van der Waals surface area contributed by atoms with Crippen molar-refractivity contribution in [1.29, 1.82) is 0 Å². The van der Waals surface area contributed by atoms with Crippen LogP contribution < -0.4 is 10.1 Å². The molecule has 0 spiro atoms. The van der Waals surface area contributed by atoms with Gasteiger partial charge in [-0.15, -0.1) is 0 Å². The minimum Gasteiger partial charge on any atom is -0.480 e. The minimum atomic E-state index is -0.315. The third-order valence-electron chi connectivity index (χ3n) is 2.34. The van der Waals surface area contributed by atoms with E-state index in [-0.39, 0.29) is 12.0 Å². The van der Waals surface area contributed by atoms with E-state index in [0.717, 1.165) is 12.1 Å².